The minimum Gasteiger partial charge on any atom is -0.493 e. The van der Waals surface area contributed by atoms with E-state index in [1.807, 2.05) is 0 Å². The zero-order chi connectivity index (χ0) is 20.6. The van der Waals surface area contributed by atoms with Crippen molar-refractivity contribution in [2.75, 3.05) is 19.8 Å². The van der Waals surface area contributed by atoms with E-state index in [0.29, 0.717) is 12.5 Å². The third kappa shape index (κ3) is 3.98. The van der Waals surface area contributed by atoms with Crippen LogP contribution < -0.4 is 9.47 Å². The Labute approximate surface area is 182 Å². The summed E-state index contributed by atoms with van der Waals surface area (Å²) in [7, 11) is 0. The van der Waals surface area contributed by atoms with Crippen LogP contribution in [0, 0.1) is 5.92 Å². The molecule has 0 aromatic heterocycles. The zero-order valence-electron chi connectivity index (χ0n) is 17.6. The number of ether oxygens (including phenoxy) is 3. The molecular weight excluding hydrogens is 384 g/mol. The van der Waals surface area contributed by atoms with Crippen LogP contribution in [0.5, 0.6) is 11.5 Å². The van der Waals surface area contributed by atoms with Gasteiger partial charge in [-0.05, 0) is 52.4 Å². The minimum absolute atomic E-state index is 0.231. The van der Waals surface area contributed by atoms with Gasteiger partial charge in [0.1, 0.15) is 24.2 Å². The van der Waals surface area contributed by atoms with Gasteiger partial charge in [0.05, 0.1) is 13.2 Å². The van der Waals surface area contributed by atoms with Gasteiger partial charge in [-0.1, -0.05) is 60.7 Å². The van der Waals surface area contributed by atoms with Crippen molar-refractivity contribution in [3.05, 3.63) is 83.9 Å². The van der Waals surface area contributed by atoms with Crippen molar-refractivity contribution in [2.24, 2.45) is 5.92 Å². The fourth-order valence-corrected chi connectivity index (χ4v) is 4.28. The molecule has 0 spiro atoms. The summed E-state index contributed by atoms with van der Waals surface area (Å²) in [5.41, 5.74) is 2.45. The molecule has 0 amide bonds. The van der Waals surface area contributed by atoms with E-state index in [9.17, 15) is 0 Å². The van der Waals surface area contributed by atoms with Crippen LogP contribution in [-0.4, -0.2) is 25.9 Å². The van der Waals surface area contributed by atoms with E-state index in [0.717, 1.165) is 31.1 Å². The molecule has 1 unspecified atom stereocenters. The van der Waals surface area contributed by atoms with Gasteiger partial charge in [-0.25, -0.2) is 0 Å². The molecule has 1 saturated carbocycles. The second-order valence-electron chi connectivity index (χ2n) is 8.72. The molecule has 31 heavy (non-hydrogen) atoms. The van der Waals surface area contributed by atoms with E-state index in [1.54, 1.807) is 0 Å². The van der Waals surface area contributed by atoms with E-state index in [2.05, 4.69) is 72.8 Å². The first-order valence-electron chi connectivity index (χ1n) is 11.2. The highest BCUT2D eigenvalue weighted by molar-refractivity contribution is 5.91. The van der Waals surface area contributed by atoms with Crippen LogP contribution in [0.3, 0.4) is 0 Å². The molecule has 2 aliphatic rings. The summed E-state index contributed by atoms with van der Waals surface area (Å²) in [6.07, 6.45) is 3.57. The number of fused-ring (bicyclic) bond motifs is 2. The quantitative estimate of drug-likeness (QED) is 0.326. The summed E-state index contributed by atoms with van der Waals surface area (Å²) >= 11 is 0. The van der Waals surface area contributed by atoms with E-state index >= 15 is 0 Å². The van der Waals surface area contributed by atoms with Crippen LogP contribution in [0.15, 0.2) is 72.8 Å². The fourth-order valence-electron chi connectivity index (χ4n) is 4.28. The zero-order valence-corrected chi connectivity index (χ0v) is 17.6. The smallest absolute Gasteiger partial charge is 0.123 e. The van der Waals surface area contributed by atoms with Crippen LogP contribution >= 0.6 is 0 Å². The highest BCUT2D eigenvalue weighted by atomic mass is 16.6. The molecule has 1 saturated heterocycles. The third-order valence-corrected chi connectivity index (χ3v) is 6.35. The van der Waals surface area contributed by atoms with Gasteiger partial charge in [-0.2, -0.15) is 0 Å². The lowest BCUT2D eigenvalue weighted by Crippen LogP contribution is -2.07. The minimum atomic E-state index is 0.231. The lowest BCUT2D eigenvalue weighted by atomic mass is 9.93. The van der Waals surface area contributed by atoms with Gasteiger partial charge in [0.15, 0.2) is 0 Å². The van der Waals surface area contributed by atoms with Gasteiger partial charge >= 0.3 is 0 Å². The first kappa shape index (κ1) is 18.7. The van der Waals surface area contributed by atoms with Crippen molar-refractivity contribution in [1.29, 1.82) is 0 Å². The number of rotatable bonds is 8. The van der Waals surface area contributed by atoms with Crippen molar-refractivity contribution in [3.8, 4) is 11.5 Å². The largest absolute Gasteiger partial charge is 0.493 e. The van der Waals surface area contributed by atoms with Crippen molar-refractivity contribution in [1.82, 2.24) is 0 Å². The topological polar surface area (TPSA) is 31.0 Å². The van der Waals surface area contributed by atoms with Crippen molar-refractivity contribution in [3.63, 3.8) is 0 Å². The Morgan fingerprint density at radius 2 is 1.23 bits per heavy atom. The summed E-state index contributed by atoms with van der Waals surface area (Å²) < 4.78 is 17.9. The highest BCUT2D eigenvalue weighted by Crippen LogP contribution is 2.37. The summed E-state index contributed by atoms with van der Waals surface area (Å²) in [5, 5.41) is 4.96. The SMILES string of the molecule is c1ccc2c(Cc3c(OCC4CO4)ccc4ccccc34)c(OCC3CC3)ccc2c1. The molecule has 0 N–H and O–H groups in total. The average Bonchev–Trinajstić information content (AvgIpc) is 3.73. The second kappa shape index (κ2) is 7.90. The molecule has 2 fully saturated rings. The first-order chi connectivity index (χ1) is 15.3. The fraction of sp³-hybridized carbons (Fsp3) is 0.286. The standard InChI is InChI=1S/C28H26O3/c1-3-7-23-20(5-1)11-13-27(30-16-19-9-10-19)25(23)15-26-24-8-4-2-6-21(24)12-14-28(26)31-18-22-17-29-22/h1-8,11-14,19,22H,9-10,15-18H2. The second-order valence-corrected chi connectivity index (χ2v) is 8.72. The molecule has 1 aliphatic carbocycles. The molecule has 156 valence electrons. The van der Waals surface area contributed by atoms with E-state index in [4.69, 9.17) is 14.2 Å². The molecule has 6 rings (SSSR count). The Morgan fingerprint density at radius 1 is 0.677 bits per heavy atom. The maximum atomic E-state index is 6.34. The Balaban J connectivity index is 1.46. The van der Waals surface area contributed by atoms with E-state index in [-0.39, 0.29) is 6.10 Å². The van der Waals surface area contributed by atoms with Crippen molar-refractivity contribution in [2.45, 2.75) is 25.4 Å². The first-order valence-corrected chi connectivity index (χ1v) is 11.2. The van der Waals surface area contributed by atoms with Gasteiger partial charge in [0.2, 0.25) is 0 Å². The summed E-state index contributed by atoms with van der Waals surface area (Å²) in [5.74, 6) is 2.65. The summed E-state index contributed by atoms with van der Waals surface area (Å²) in [4.78, 5) is 0. The Hall–Kier alpha value is -3.04. The van der Waals surface area contributed by atoms with Crippen molar-refractivity contribution < 1.29 is 14.2 Å². The predicted octanol–water partition coefficient (Wildman–Crippen LogP) is 6.15. The Kier molecular flexibility index (Phi) is 4.77. The maximum absolute atomic E-state index is 6.34. The molecule has 4 aromatic rings. The highest BCUT2D eigenvalue weighted by Gasteiger charge is 2.25. The number of hydrogen-bond donors (Lipinski definition) is 0. The molecule has 3 nitrogen and oxygen atoms in total. The maximum Gasteiger partial charge on any atom is 0.123 e. The van der Waals surface area contributed by atoms with Crippen molar-refractivity contribution >= 4 is 21.5 Å². The molecule has 1 aliphatic heterocycles. The van der Waals surface area contributed by atoms with Gasteiger partial charge in [0, 0.05) is 17.5 Å². The molecule has 3 heteroatoms. The van der Waals surface area contributed by atoms with Gasteiger partial charge in [-0.3, -0.25) is 0 Å². The van der Waals surface area contributed by atoms with Crippen LogP contribution in [0.4, 0.5) is 0 Å². The van der Waals surface area contributed by atoms with Gasteiger partial charge in [-0.15, -0.1) is 0 Å². The summed E-state index contributed by atoms with van der Waals surface area (Å²) in [6, 6.07) is 25.7. The molecule has 0 radical (unpaired) electrons. The van der Waals surface area contributed by atoms with Crippen LogP contribution in [0.1, 0.15) is 24.0 Å². The molecule has 0 bridgehead atoms. The predicted molar refractivity (Wildman–Crippen MR) is 124 cm³/mol. The monoisotopic (exact) mass is 410 g/mol. The molecular formula is C28H26O3. The number of hydrogen-bond acceptors (Lipinski definition) is 3. The number of benzene rings is 4. The van der Waals surface area contributed by atoms with Gasteiger partial charge in [0.25, 0.3) is 0 Å². The van der Waals surface area contributed by atoms with Gasteiger partial charge < -0.3 is 14.2 Å². The summed E-state index contributed by atoms with van der Waals surface area (Å²) in [6.45, 7) is 2.21. The Bertz CT molecular complexity index is 1140. The van der Waals surface area contributed by atoms with E-state index in [1.165, 1.54) is 45.5 Å². The van der Waals surface area contributed by atoms with Crippen LogP contribution in [0.25, 0.3) is 21.5 Å². The lowest BCUT2D eigenvalue weighted by molar-refractivity contribution is 0.261. The third-order valence-electron chi connectivity index (χ3n) is 6.35. The lowest BCUT2D eigenvalue weighted by Gasteiger charge is -2.18. The van der Waals surface area contributed by atoms with Crippen LogP contribution in [-0.2, 0) is 11.2 Å². The molecule has 1 heterocycles. The van der Waals surface area contributed by atoms with E-state index < -0.39 is 0 Å². The molecule has 4 aromatic carbocycles. The normalized spacial score (nSPS) is 17.7. The average molecular weight is 411 g/mol. The Morgan fingerprint density at radius 3 is 1.77 bits per heavy atom. The number of epoxide rings is 1. The van der Waals surface area contributed by atoms with Crippen LogP contribution in [0.2, 0.25) is 0 Å². The molecule has 1 atom stereocenters.